The van der Waals surface area contributed by atoms with Gasteiger partial charge in [0.2, 0.25) is 10.0 Å². The van der Waals surface area contributed by atoms with Crippen molar-refractivity contribution in [1.29, 1.82) is 0 Å². The van der Waals surface area contributed by atoms with E-state index in [0.717, 1.165) is 40.6 Å². The second-order valence-corrected chi connectivity index (χ2v) is 9.76. The summed E-state index contributed by atoms with van der Waals surface area (Å²) in [5, 5.41) is 5.45. The predicted molar refractivity (Wildman–Crippen MR) is 117 cm³/mol. The number of nitrogens with zero attached hydrogens (tertiary/aromatic N) is 5. The van der Waals surface area contributed by atoms with Crippen LogP contribution in [0.15, 0.2) is 48.8 Å². The number of hydrogen-bond donors (Lipinski definition) is 1. The van der Waals surface area contributed by atoms with Crippen LogP contribution in [0.3, 0.4) is 0 Å². The maximum Gasteiger partial charge on any atom is 0.211 e. The average Bonchev–Trinajstić information content (AvgIpc) is 3.17. The Morgan fingerprint density at radius 1 is 1.17 bits per heavy atom. The molecule has 5 rings (SSSR count). The zero-order chi connectivity index (χ0) is 20.9. The fourth-order valence-corrected chi connectivity index (χ4v) is 5.03. The van der Waals surface area contributed by atoms with E-state index in [2.05, 4.69) is 16.1 Å². The van der Waals surface area contributed by atoms with E-state index < -0.39 is 10.0 Å². The Labute approximate surface area is 174 Å². The first-order valence-corrected chi connectivity index (χ1v) is 11.7. The first-order valence-electron chi connectivity index (χ1n) is 9.84. The molecule has 1 aromatic carbocycles. The molecule has 0 bridgehead atoms. The first kappa shape index (κ1) is 19.0. The Morgan fingerprint density at radius 2 is 2.00 bits per heavy atom. The highest BCUT2D eigenvalue weighted by molar-refractivity contribution is 7.88. The number of piperidine rings is 1. The smallest absolute Gasteiger partial charge is 0.211 e. The van der Waals surface area contributed by atoms with Gasteiger partial charge in [0.25, 0.3) is 0 Å². The van der Waals surface area contributed by atoms with E-state index in [1.54, 1.807) is 16.8 Å². The van der Waals surface area contributed by atoms with Gasteiger partial charge >= 0.3 is 0 Å². The van der Waals surface area contributed by atoms with E-state index in [-0.39, 0.29) is 5.92 Å². The number of rotatable bonds is 3. The number of hydrogen-bond acceptors (Lipinski definition) is 6. The summed E-state index contributed by atoms with van der Waals surface area (Å²) in [6.07, 6.45) is 6.48. The number of anilines is 1. The van der Waals surface area contributed by atoms with Crippen molar-refractivity contribution >= 4 is 32.4 Å². The molecule has 0 amide bonds. The predicted octanol–water partition coefficient (Wildman–Crippen LogP) is 2.67. The molecule has 1 atom stereocenters. The molecule has 9 heteroatoms. The van der Waals surface area contributed by atoms with Crippen LogP contribution in [0.5, 0.6) is 0 Å². The lowest BCUT2D eigenvalue weighted by atomic mass is 9.95. The minimum atomic E-state index is -3.23. The van der Waals surface area contributed by atoms with Crippen molar-refractivity contribution in [3.8, 4) is 11.1 Å². The van der Waals surface area contributed by atoms with Crippen LogP contribution >= 0.6 is 0 Å². The van der Waals surface area contributed by atoms with Crippen LogP contribution in [0.2, 0.25) is 0 Å². The summed E-state index contributed by atoms with van der Waals surface area (Å²) in [4.78, 5) is 9.41. The van der Waals surface area contributed by atoms with Crippen LogP contribution < -0.4 is 5.73 Å². The van der Waals surface area contributed by atoms with Crippen LogP contribution in [-0.2, 0) is 10.0 Å². The summed E-state index contributed by atoms with van der Waals surface area (Å²) in [5.41, 5.74) is 10.4. The van der Waals surface area contributed by atoms with E-state index in [1.807, 2.05) is 30.5 Å². The third-order valence-electron chi connectivity index (χ3n) is 5.69. The van der Waals surface area contributed by atoms with Crippen molar-refractivity contribution in [2.75, 3.05) is 25.1 Å². The summed E-state index contributed by atoms with van der Waals surface area (Å²) >= 11 is 0. The molecule has 4 aromatic rings. The number of fused-ring (bicyclic) bond motifs is 2. The Balaban J connectivity index is 1.59. The summed E-state index contributed by atoms with van der Waals surface area (Å²) < 4.78 is 27.2. The Morgan fingerprint density at radius 3 is 2.83 bits per heavy atom. The molecule has 154 valence electrons. The molecule has 0 spiro atoms. The zero-order valence-corrected chi connectivity index (χ0v) is 17.4. The van der Waals surface area contributed by atoms with Gasteiger partial charge < -0.3 is 5.73 Å². The fraction of sp³-hybridized carbons (Fsp3) is 0.286. The standard InChI is InChI=1S/C21H22N6O2S/c1-30(28,29)26-8-4-6-15(13-26)19-10-20(22)27-21(25-19)17(12-24-27)16-9-14-5-2-3-7-18(14)23-11-16/h2-3,5,7,9-12,15H,4,6,8,13,22H2,1H3. The van der Waals surface area contributed by atoms with E-state index in [9.17, 15) is 8.42 Å². The van der Waals surface area contributed by atoms with E-state index >= 15 is 0 Å². The summed E-state index contributed by atoms with van der Waals surface area (Å²) in [7, 11) is -3.23. The molecule has 2 N–H and O–H groups in total. The number of aromatic nitrogens is 4. The lowest BCUT2D eigenvalue weighted by Gasteiger charge is -2.30. The van der Waals surface area contributed by atoms with Crippen molar-refractivity contribution in [3.63, 3.8) is 0 Å². The summed E-state index contributed by atoms with van der Waals surface area (Å²) in [6, 6.07) is 11.8. The molecule has 0 saturated carbocycles. The third kappa shape index (κ3) is 3.29. The van der Waals surface area contributed by atoms with Gasteiger partial charge in [0.1, 0.15) is 5.82 Å². The molecular weight excluding hydrogens is 400 g/mol. The highest BCUT2D eigenvalue weighted by Crippen LogP contribution is 2.31. The van der Waals surface area contributed by atoms with Crippen LogP contribution in [0.4, 0.5) is 5.82 Å². The number of para-hydroxylation sites is 1. The van der Waals surface area contributed by atoms with Gasteiger partial charge in [0.15, 0.2) is 5.65 Å². The number of benzene rings is 1. The van der Waals surface area contributed by atoms with Crippen LogP contribution in [0, 0.1) is 0 Å². The molecule has 3 aromatic heterocycles. The normalized spacial score (nSPS) is 18.2. The number of nitrogens with two attached hydrogens (primary N) is 1. The van der Waals surface area contributed by atoms with Gasteiger partial charge in [-0.25, -0.2) is 17.7 Å². The van der Waals surface area contributed by atoms with Gasteiger partial charge in [-0.1, -0.05) is 18.2 Å². The Kier molecular flexibility index (Phi) is 4.44. The lowest BCUT2D eigenvalue weighted by Crippen LogP contribution is -2.38. The molecule has 1 saturated heterocycles. The van der Waals surface area contributed by atoms with Crippen molar-refractivity contribution in [2.45, 2.75) is 18.8 Å². The maximum atomic E-state index is 12.0. The van der Waals surface area contributed by atoms with Crippen molar-refractivity contribution < 1.29 is 8.42 Å². The van der Waals surface area contributed by atoms with Crippen molar-refractivity contribution in [3.05, 3.63) is 54.5 Å². The molecule has 0 aliphatic carbocycles. The maximum absolute atomic E-state index is 12.0. The van der Waals surface area contributed by atoms with Gasteiger partial charge in [0, 0.05) is 47.8 Å². The molecular formula is C21H22N6O2S. The molecule has 8 nitrogen and oxygen atoms in total. The Hall–Kier alpha value is -3.04. The quantitative estimate of drug-likeness (QED) is 0.544. The average molecular weight is 423 g/mol. The van der Waals surface area contributed by atoms with Crippen molar-refractivity contribution in [1.82, 2.24) is 23.9 Å². The van der Waals surface area contributed by atoms with Gasteiger partial charge in [0.05, 0.1) is 23.7 Å². The fourth-order valence-electron chi connectivity index (χ4n) is 4.12. The first-order chi connectivity index (χ1) is 14.4. The van der Waals surface area contributed by atoms with Gasteiger partial charge in [-0.2, -0.15) is 9.61 Å². The summed E-state index contributed by atoms with van der Waals surface area (Å²) in [6.45, 7) is 0.968. The third-order valence-corrected chi connectivity index (χ3v) is 6.96. The number of pyridine rings is 1. The second kappa shape index (κ2) is 7.03. The monoisotopic (exact) mass is 422 g/mol. The SMILES string of the molecule is CS(=O)(=O)N1CCCC(c2cc(N)n3ncc(-c4cnc5ccccc5c4)c3n2)C1. The molecule has 4 heterocycles. The Bertz CT molecular complexity index is 1360. The zero-order valence-electron chi connectivity index (χ0n) is 16.6. The summed E-state index contributed by atoms with van der Waals surface area (Å²) in [5.74, 6) is 0.477. The van der Waals surface area contributed by atoms with Gasteiger partial charge in [-0.3, -0.25) is 4.98 Å². The van der Waals surface area contributed by atoms with E-state index in [4.69, 9.17) is 10.7 Å². The highest BCUT2D eigenvalue weighted by Gasteiger charge is 2.28. The molecule has 0 radical (unpaired) electrons. The number of nitrogen functional groups attached to an aromatic ring is 1. The van der Waals surface area contributed by atoms with E-state index in [0.29, 0.717) is 24.6 Å². The lowest BCUT2D eigenvalue weighted by molar-refractivity contribution is 0.314. The minimum Gasteiger partial charge on any atom is -0.384 e. The van der Waals surface area contributed by atoms with Crippen LogP contribution in [0.25, 0.3) is 27.7 Å². The molecule has 1 fully saturated rings. The molecule has 30 heavy (non-hydrogen) atoms. The minimum absolute atomic E-state index is 0.00162. The topological polar surface area (TPSA) is 106 Å². The molecule has 1 aliphatic heterocycles. The van der Waals surface area contributed by atoms with Crippen molar-refractivity contribution in [2.24, 2.45) is 0 Å². The van der Waals surface area contributed by atoms with Gasteiger partial charge in [-0.05, 0) is 25.0 Å². The van der Waals surface area contributed by atoms with Gasteiger partial charge in [-0.15, -0.1) is 0 Å². The molecule has 1 unspecified atom stereocenters. The van der Waals surface area contributed by atoms with Crippen LogP contribution in [0.1, 0.15) is 24.5 Å². The molecule has 1 aliphatic rings. The largest absolute Gasteiger partial charge is 0.384 e. The highest BCUT2D eigenvalue weighted by atomic mass is 32.2. The van der Waals surface area contributed by atoms with Crippen LogP contribution in [-0.4, -0.2) is 51.7 Å². The van der Waals surface area contributed by atoms with E-state index in [1.165, 1.54) is 10.6 Å². The second-order valence-electron chi connectivity index (χ2n) is 7.78. The number of sulfonamides is 1.